The third-order valence-electron chi connectivity index (χ3n) is 1.33. The molecule has 1 aromatic heterocycles. The molecule has 1 aromatic rings. The van der Waals surface area contributed by atoms with Gasteiger partial charge in [-0.1, -0.05) is 0 Å². The quantitative estimate of drug-likeness (QED) is 0.814. The van der Waals surface area contributed by atoms with Gasteiger partial charge in [-0.15, -0.1) is 11.3 Å². The molecular formula is C7H8F3NOS. The monoisotopic (exact) mass is 211 g/mol. The fourth-order valence-electron chi connectivity index (χ4n) is 0.771. The minimum Gasteiger partial charge on any atom is -0.388 e. The smallest absolute Gasteiger partial charge is 0.388 e. The second-order valence-corrected chi connectivity index (χ2v) is 3.77. The van der Waals surface area contributed by atoms with E-state index in [2.05, 4.69) is 4.98 Å². The Balaban J connectivity index is 2.70. The van der Waals surface area contributed by atoms with Crippen LogP contribution in [0.1, 0.15) is 22.9 Å². The molecule has 0 bridgehead atoms. The summed E-state index contributed by atoms with van der Waals surface area (Å²) in [7, 11) is 0. The fourth-order valence-corrected chi connectivity index (χ4v) is 1.66. The molecule has 0 saturated carbocycles. The topological polar surface area (TPSA) is 33.1 Å². The minimum atomic E-state index is -4.23. The molecular weight excluding hydrogens is 203 g/mol. The summed E-state index contributed by atoms with van der Waals surface area (Å²) in [5, 5.41) is 9.01. The fraction of sp³-hybridized carbons (Fsp3) is 0.571. The molecule has 0 aliphatic carbocycles. The van der Waals surface area contributed by atoms with Crippen molar-refractivity contribution in [3.05, 3.63) is 16.1 Å². The first-order valence-corrected chi connectivity index (χ1v) is 4.39. The zero-order valence-corrected chi connectivity index (χ0v) is 7.61. The van der Waals surface area contributed by atoms with Gasteiger partial charge < -0.3 is 5.11 Å². The lowest BCUT2D eigenvalue weighted by Crippen LogP contribution is -2.10. The number of hydrogen-bond acceptors (Lipinski definition) is 3. The van der Waals surface area contributed by atoms with E-state index in [9.17, 15) is 13.2 Å². The van der Waals surface area contributed by atoms with Crippen LogP contribution in [0.15, 0.2) is 6.20 Å². The highest BCUT2D eigenvalue weighted by molar-refractivity contribution is 7.11. The van der Waals surface area contributed by atoms with Crippen molar-refractivity contribution in [3.8, 4) is 0 Å². The number of aromatic nitrogens is 1. The maximum Gasteiger partial charge on any atom is 0.395 e. The van der Waals surface area contributed by atoms with E-state index in [-0.39, 0.29) is 5.01 Å². The van der Waals surface area contributed by atoms with E-state index in [0.29, 0.717) is 4.88 Å². The van der Waals surface area contributed by atoms with E-state index in [1.807, 2.05) is 0 Å². The van der Waals surface area contributed by atoms with E-state index in [4.69, 9.17) is 5.11 Å². The molecule has 1 heterocycles. The summed E-state index contributed by atoms with van der Waals surface area (Å²) in [6.07, 6.45) is -4.73. The Labute approximate surface area is 77.0 Å². The van der Waals surface area contributed by atoms with Crippen LogP contribution in [0.25, 0.3) is 0 Å². The molecule has 0 aliphatic rings. The van der Waals surface area contributed by atoms with Crippen molar-refractivity contribution in [3.63, 3.8) is 0 Å². The summed E-state index contributed by atoms with van der Waals surface area (Å²) in [4.78, 5) is 4.02. The van der Waals surface area contributed by atoms with Crippen molar-refractivity contribution in [2.24, 2.45) is 0 Å². The summed E-state index contributed by atoms with van der Waals surface area (Å²) >= 11 is 0.887. The molecule has 0 aromatic carbocycles. The van der Waals surface area contributed by atoms with Crippen LogP contribution >= 0.6 is 11.3 Å². The maximum atomic E-state index is 11.9. The van der Waals surface area contributed by atoms with E-state index < -0.39 is 18.7 Å². The second-order valence-electron chi connectivity index (χ2n) is 2.62. The van der Waals surface area contributed by atoms with Crippen molar-refractivity contribution in [1.82, 2.24) is 4.98 Å². The van der Waals surface area contributed by atoms with Crippen LogP contribution in [0.3, 0.4) is 0 Å². The van der Waals surface area contributed by atoms with Crippen LogP contribution in [0.5, 0.6) is 0 Å². The number of thiazole rings is 1. The van der Waals surface area contributed by atoms with Crippen molar-refractivity contribution in [2.75, 3.05) is 0 Å². The Morgan fingerprint density at radius 1 is 1.62 bits per heavy atom. The molecule has 6 heteroatoms. The predicted octanol–water partition coefficient (Wildman–Crippen LogP) is 2.30. The summed E-state index contributed by atoms with van der Waals surface area (Å²) in [5.41, 5.74) is 0. The van der Waals surface area contributed by atoms with Crippen LogP contribution < -0.4 is 0 Å². The highest BCUT2D eigenvalue weighted by Gasteiger charge is 2.29. The van der Waals surface area contributed by atoms with Gasteiger partial charge in [0, 0.05) is 6.20 Å². The average molecular weight is 211 g/mol. The van der Waals surface area contributed by atoms with E-state index in [0.717, 1.165) is 11.3 Å². The molecule has 1 N–H and O–H groups in total. The van der Waals surface area contributed by atoms with Gasteiger partial charge in [0.2, 0.25) is 0 Å². The Kier molecular flexibility index (Phi) is 2.92. The van der Waals surface area contributed by atoms with Crippen LogP contribution in [0, 0.1) is 0 Å². The molecule has 74 valence electrons. The van der Waals surface area contributed by atoms with Gasteiger partial charge in [-0.3, -0.25) is 0 Å². The van der Waals surface area contributed by atoms with Crippen LogP contribution in [0.4, 0.5) is 13.2 Å². The predicted molar refractivity (Wildman–Crippen MR) is 42.5 cm³/mol. The zero-order chi connectivity index (χ0) is 10.1. The van der Waals surface area contributed by atoms with Crippen molar-refractivity contribution in [1.29, 1.82) is 0 Å². The van der Waals surface area contributed by atoms with E-state index in [1.165, 1.54) is 13.1 Å². The minimum absolute atomic E-state index is 0.0107. The summed E-state index contributed by atoms with van der Waals surface area (Å²) in [6.45, 7) is 1.49. The number of hydrogen-bond donors (Lipinski definition) is 1. The molecule has 2 nitrogen and oxygen atoms in total. The lowest BCUT2D eigenvalue weighted by atomic mass is 10.4. The Bertz CT molecular complexity index is 282. The number of rotatable bonds is 2. The molecule has 0 radical (unpaired) electrons. The van der Waals surface area contributed by atoms with Gasteiger partial charge in [0.1, 0.15) is 5.01 Å². The molecule has 0 saturated heterocycles. The van der Waals surface area contributed by atoms with Crippen LogP contribution in [0.2, 0.25) is 0 Å². The summed E-state index contributed by atoms with van der Waals surface area (Å²) in [5.74, 6) is 0. The molecule has 0 aliphatic heterocycles. The van der Waals surface area contributed by atoms with Gasteiger partial charge in [-0.25, -0.2) is 4.98 Å². The molecule has 0 fully saturated rings. The van der Waals surface area contributed by atoms with Gasteiger partial charge in [0.25, 0.3) is 0 Å². The number of aliphatic hydroxyl groups excluding tert-OH is 1. The van der Waals surface area contributed by atoms with E-state index >= 15 is 0 Å². The van der Waals surface area contributed by atoms with E-state index in [1.54, 1.807) is 0 Å². The average Bonchev–Trinajstić information content (AvgIpc) is 2.31. The molecule has 1 atom stereocenters. The lowest BCUT2D eigenvalue weighted by Gasteiger charge is -2.01. The second kappa shape index (κ2) is 3.63. The zero-order valence-electron chi connectivity index (χ0n) is 6.80. The van der Waals surface area contributed by atoms with Gasteiger partial charge >= 0.3 is 6.18 Å². The van der Waals surface area contributed by atoms with Crippen molar-refractivity contribution < 1.29 is 18.3 Å². The van der Waals surface area contributed by atoms with Crippen LogP contribution in [-0.2, 0) is 6.42 Å². The first-order chi connectivity index (χ1) is 5.88. The molecule has 0 spiro atoms. The van der Waals surface area contributed by atoms with Crippen molar-refractivity contribution in [2.45, 2.75) is 25.6 Å². The number of aliphatic hydroxyl groups is 1. The van der Waals surface area contributed by atoms with Gasteiger partial charge in [-0.2, -0.15) is 13.2 Å². The SMILES string of the molecule is CC(O)c1cnc(CC(F)(F)F)s1. The Morgan fingerprint density at radius 2 is 2.23 bits per heavy atom. The number of halogens is 3. The standard InChI is InChI=1S/C7H8F3NOS/c1-4(12)5-3-11-6(13-5)2-7(8,9)10/h3-4,12H,2H2,1H3. The normalized spacial score (nSPS) is 14.5. The number of nitrogens with zero attached hydrogens (tertiary/aromatic N) is 1. The van der Waals surface area contributed by atoms with Crippen LogP contribution in [-0.4, -0.2) is 16.3 Å². The van der Waals surface area contributed by atoms with Gasteiger partial charge in [-0.05, 0) is 6.92 Å². The Morgan fingerprint density at radius 3 is 2.62 bits per heavy atom. The molecule has 1 rings (SSSR count). The largest absolute Gasteiger partial charge is 0.395 e. The first kappa shape index (κ1) is 10.5. The van der Waals surface area contributed by atoms with Crippen molar-refractivity contribution >= 4 is 11.3 Å². The maximum absolute atomic E-state index is 11.9. The third kappa shape index (κ3) is 3.31. The molecule has 1 unspecified atom stereocenters. The van der Waals surface area contributed by atoms with Gasteiger partial charge in [0.05, 0.1) is 17.4 Å². The highest BCUT2D eigenvalue weighted by atomic mass is 32.1. The third-order valence-corrected chi connectivity index (χ3v) is 2.50. The molecule has 0 amide bonds. The number of alkyl halides is 3. The lowest BCUT2D eigenvalue weighted by molar-refractivity contribution is -0.127. The first-order valence-electron chi connectivity index (χ1n) is 3.58. The molecule has 13 heavy (non-hydrogen) atoms. The Hall–Kier alpha value is -0.620. The summed E-state index contributed by atoms with van der Waals surface area (Å²) in [6, 6.07) is 0. The van der Waals surface area contributed by atoms with Gasteiger partial charge in [0.15, 0.2) is 0 Å². The summed E-state index contributed by atoms with van der Waals surface area (Å²) < 4.78 is 35.6. The highest BCUT2D eigenvalue weighted by Crippen LogP contribution is 2.26.